The van der Waals surface area contributed by atoms with Gasteiger partial charge in [0, 0.05) is 0 Å². The second-order valence-electron chi connectivity index (χ2n) is 5.51. The third-order valence-electron chi connectivity index (χ3n) is 3.94. The molecule has 0 spiro atoms. The normalized spacial score (nSPS) is 53.5. The van der Waals surface area contributed by atoms with Crippen LogP contribution in [0.2, 0.25) is 0 Å². The van der Waals surface area contributed by atoms with Gasteiger partial charge in [0.25, 0.3) is 0 Å². The first kappa shape index (κ1) is 17.9. The highest BCUT2D eigenvalue weighted by Gasteiger charge is 2.49. The lowest BCUT2D eigenvalue weighted by molar-refractivity contribution is -0.352. The smallest absolute Gasteiger partial charge is 0.187 e. The molecule has 10 atom stereocenters. The van der Waals surface area contributed by atoms with Crippen LogP contribution >= 0.6 is 0 Å². The number of rotatable bonds is 3. The van der Waals surface area contributed by atoms with Crippen LogP contribution < -0.4 is 0 Å². The molecule has 2 aliphatic rings. The highest BCUT2D eigenvalue weighted by molar-refractivity contribution is 4.93. The van der Waals surface area contributed by atoms with Crippen molar-refractivity contribution in [2.75, 3.05) is 6.61 Å². The zero-order valence-corrected chi connectivity index (χ0v) is 11.8. The fraction of sp³-hybridized carbons (Fsp3) is 1.00. The highest BCUT2D eigenvalue weighted by Crippen LogP contribution is 2.28. The van der Waals surface area contributed by atoms with E-state index in [9.17, 15) is 35.7 Å². The van der Waals surface area contributed by atoms with Crippen LogP contribution in [0.1, 0.15) is 6.92 Å². The Morgan fingerprint density at radius 3 is 2.05 bits per heavy atom. The van der Waals surface area contributed by atoms with Crippen molar-refractivity contribution in [1.82, 2.24) is 0 Å². The maximum Gasteiger partial charge on any atom is 0.187 e. The molecule has 2 rings (SSSR count). The van der Waals surface area contributed by atoms with Crippen LogP contribution in [0.5, 0.6) is 0 Å². The Kier molecular flexibility index (Phi) is 5.72. The lowest BCUT2D eigenvalue weighted by atomic mass is 9.97. The maximum atomic E-state index is 9.93. The van der Waals surface area contributed by atoms with Gasteiger partial charge in [0.15, 0.2) is 12.6 Å². The molecule has 2 saturated heterocycles. The quantitative estimate of drug-likeness (QED) is 0.269. The van der Waals surface area contributed by atoms with Gasteiger partial charge in [-0.25, -0.2) is 0 Å². The summed E-state index contributed by atoms with van der Waals surface area (Å²) >= 11 is 0. The molecule has 2 heterocycles. The fourth-order valence-electron chi connectivity index (χ4n) is 2.52. The van der Waals surface area contributed by atoms with E-state index in [0.29, 0.717) is 0 Å². The van der Waals surface area contributed by atoms with Gasteiger partial charge in [0.1, 0.15) is 42.7 Å². The van der Waals surface area contributed by atoms with Crippen molar-refractivity contribution >= 4 is 0 Å². The summed E-state index contributed by atoms with van der Waals surface area (Å²) in [5.41, 5.74) is 0. The van der Waals surface area contributed by atoms with E-state index < -0.39 is 68.0 Å². The Morgan fingerprint density at radius 2 is 1.45 bits per heavy atom. The van der Waals surface area contributed by atoms with Gasteiger partial charge in [-0.05, 0) is 6.92 Å². The summed E-state index contributed by atoms with van der Waals surface area (Å²) in [6, 6.07) is 0. The van der Waals surface area contributed by atoms with Crippen molar-refractivity contribution in [2.45, 2.75) is 68.3 Å². The molecule has 0 aromatic carbocycles. The van der Waals surface area contributed by atoms with E-state index in [2.05, 4.69) is 0 Å². The molecule has 10 nitrogen and oxygen atoms in total. The van der Waals surface area contributed by atoms with Crippen LogP contribution in [0, 0.1) is 0 Å². The first-order valence-electron chi connectivity index (χ1n) is 6.93. The predicted octanol–water partition coefficient (Wildman–Crippen LogP) is -4.37. The van der Waals surface area contributed by atoms with E-state index in [1.807, 2.05) is 0 Å². The van der Waals surface area contributed by atoms with Crippen molar-refractivity contribution < 1.29 is 50.0 Å². The van der Waals surface area contributed by atoms with Crippen LogP contribution in [0.3, 0.4) is 0 Å². The van der Waals surface area contributed by atoms with Gasteiger partial charge in [-0.15, -0.1) is 0 Å². The van der Waals surface area contributed by atoms with Crippen molar-refractivity contribution in [3.05, 3.63) is 0 Å². The first-order valence-corrected chi connectivity index (χ1v) is 6.93. The minimum absolute atomic E-state index is 0.630. The van der Waals surface area contributed by atoms with Gasteiger partial charge in [-0.1, -0.05) is 0 Å². The van der Waals surface area contributed by atoms with Crippen LogP contribution in [0.15, 0.2) is 0 Å². The van der Waals surface area contributed by atoms with E-state index in [1.165, 1.54) is 6.92 Å². The van der Waals surface area contributed by atoms with E-state index in [1.54, 1.807) is 0 Å². The summed E-state index contributed by atoms with van der Waals surface area (Å²) in [7, 11) is 0. The molecule has 0 aromatic heterocycles. The summed E-state index contributed by atoms with van der Waals surface area (Å²) in [5.74, 6) is 0. The molecule has 0 aliphatic carbocycles. The van der Waals surface area contributed by atoms with Crippen molar-refractivity contribution in [1.29, 1.82) is 0 Å². The summed E-state index contributed by atoms with van der Waals surface area (Å²) in [6.07, 6.45) is -14.2. The zero-order chi connectivity index (χ0) is 16.6. The monoisotopic (exact) mass is 326 g/mol. The van der Waals surface area contributed by atoms with Crippen LogP contribution in [0.4, 0.5) is 0 Å². The second kappa shape index (κ2) is 7.01. The Balaban J connectivity index is 2.10. The molecule has 0 unspecified atom stereocenters. The molecule has 22 heavy (non-hydrogen) atoms. The molecule has 2 fully saturated rings. The minimum atomic E-state index is -1.70. The van der Waals surface area contributed by atoms with Gasteiger partial charge < -0.3 is 50.0 Å². The molecule has 130 valence electrons. The van der Waals surface area contributed by atoms with Crippen molar-refractivity contribution in [2.24, 2.45) is 0 Å². The van der Waals surface area contributed by atoms with Crippen molar-refractivity contribution in [3.8, 4) is 0 Å². The van der Waals surface area contributed by atoms with Gasteiger partial charge >= 0.3 is 0 Å². The Labute approximate surface area is 126 Å². The lowest BCUT2D eigenvalue weighted by Gasteiger charge is -2.44. The number of hydrogen-bond acceptors (Lipinski definition) is 10. The summed E-state index contributed by atoms with van der Waals surface area (Å²) < 4.78 is 15.4. The largest absolute Gasteiger partial charge is 0.394 e. The molecule has 2 aliphatic heterocycles. The number of aliphatic hydroxyl groups excluding tert-OH is 7. The Morgan fingerprint density at radius 1 is 0.818 bits per heavy atom. The van der Waals surface area contributed by atoms with Gasteiger partial charge in [0.2, 0.25) is 0 Å². The molecule has 0 saturated carbocycles. The van der Waals surface area contributed by atoms with Gasteiger partial charge in [0.05, 0.1) is 12.7 Å². The Bertz CT molecular complexity index is 366. The molecule has 0 bridgehead atoms. The second-order valence-corrected chi connectivity index (χ2v) is 5.51. The average Bonchev–Trinajstić information content (AvgIpc) is 2.50. The lowest BCUT2D eigenvalue weighted by Crippen LogP contribution is -2.63. The van der Waals surface area contributed by atoms with E-state index in [4.69, 9.17) is 14.2 Å². The molecule has 0 amide bonds. The van der Waals surface area contributed by atoms with Gasteiger partial charge in [-0.3, -0.25) is 0 Å². The molecule has 7 N–H and O–H groups in total. The summed E-state index contributed by atoms with van der Waals surface area (Å²) in [4.78, 5) is 0. The third kappa shape index (κ3) is 3.26. The number of hydrogen-bond donors (Lipinski definition) is 7. The van der Waals surface area contributed by atoms with Crippen LogP contribution in [-0.2, 0) is 14.2 Å². The third-order valence-corrected chi connectivity index (χ3v) is 3.94. The highest BCUT2D eigenvalue weighted by atomic mass is 16.7. The van der Waals surface area contributed by atoms with Crippen LogP contribution in [-0.4, -0.2) is 104 Å². The molecular weight excluding hydrogens is 304 g/mol. The Hall–Kier alpha value is -0.400. The topological polar surface area (TPSA) is 169 Å². The summed E-state index contributed by atoms with van der Waals surface area (Å²) in [5, 5.41) is 67.3. The van der Waals surface area contributed by atoms with Gasteiger partial charge in [-0.2, -0.15) is 0 Å². The molecule has 0 aromatic rings. The zero-order valence-electron chi connectivity index (χ0n) is 11.8. The SMILES string of the molecule is C[C@@H]1O[C@@H](O[C@@H]2[C@H](O)[C@@H](O)[C@@H](O)O[C@@H]2CO)[C@@H](O)[C@H](O)[C@@H]1O. The maximum absolute atomic E-state index is 9.93. The number of aliphatic hydroxyl groups is 7. The summed E-state index contributed by atoms with van der Waals surface area (Å²) in [6.45, 7) is 0.821. The number of ether oxygens (including phenoxy) is 3. The van der Waals surface area contributed by atoms with E-state index in [0.717, 1.165) is 0 Å². The first-order chi connectivity index (χ1) is 10.3. The molecule has 10 heteroatoms. The van der Waals surface area contributed by atoms with E-state index in [-0.39, 0.29) is 0 Å². The minimum Gasteiger partial charge on any atom is -0.394 e. The van der Waals surface area contributed by atoms with E-state index >= 15 is 0 Å². The molecule has 0 radical (unpaired) electrons. The standard InChI is InChI=1S/C12H22O10/c1-3-5(14)6(15)9(18)12(20-3)22-10-4(2-13)21-11(19)8(17)7(10)16/h3-19H,2H2,1H3/t3-,4+,5+,6+,7+,8+,9-,10-,11-,12-/m0/s1. The average molecular weight is 326 g/mol. The molecular formula is C12H22O10. The van der Waals surface area contributed by atoms with Crippen molar-refractivity contribution in [3.63, 3.8) is 0 Å². The fourth-order valence-corrected chi connectivity index (χ4v) is 2.52. The van der Waals surface area contributed by atoms with Crippen LogP contribution in [0.25, 0.3) is 0 Å². The predicted molar refractivity (Wildman–Crippen MR) is 67.2 cm³/mol.